The highest BCUT2D eigenvalue weighted by atomic mass is 35.5. The van der Waals surface area contributed by atoms with Gasteiger partial charge in [0.1, 0.15) is 34.6 Å². The molecular formula is C34H44ClN7O2Si. The molecule has 0 radical (unpaired) electrons. The van der Waals surface area contributed by atoms with Crippen molar-refractivity contribution in [2.45, 2.75) is 78.6 Å². The average Bonchev–Trinajstić information content (AvgIpc) is 3.60. The summed E-state index contributed by atoms with van der Waals surface area (Å²) in [6, 6.07) is 11.3. The van der Waals surface area contributed by atoms with Crippen molar-refractivity contribution in [2.75, 3.05) is 19.7 Å². The molecule has 0 saturated carbocycles. The number of hydrogen-bond acceptors (Lipinski definition) is 7. The highest BCUT2D eigenvalue weighted by Gasteiger charge is 2.22. The van der Waals surface area contributed by atoms with Gasteiger partial charge in [0.15, 0.2) is 0 Å². The van der Waals surface area contributed by atoms with Crippen molar-refractivity contribution in [3.63, 3.8) is 0 Å². The molecule has 0 amide bonds. The topological polar surface area (TPSA) is 83.1 Å². The number of benzene rings is 2. The largest absolute Gasteiger partial charge is 0.456 e. The number of hydrogen-bond donors (Lipinski definition) is 0. The Morgan fingerprint density at radius 1 is 1.02 bits per heavy atom. The molecule has 0 aliphatic carbocycles. The van der Waals surface area contributed by atoms with Gasteiger partial charge < -0.3 is 18.9 Å². The molecule has 1 aliphatic rings. The van der Waals surface area contributed by atoms with Crippen LogP contribution in [0.2, 0.25) is 30.7 Å². The van der Waals surface area contributed by atoms with E-state index in [0.29, 0.717) is 46.2 Å². The normalized spacial score (nSPS) is 15.1. The molecule has 11 heteroatoms. The Labute approximate surface area is 271 Å². The molecule has 5 aromatic rings. The fraction of sp³-hybridized carbons (Fsp3) is 0.471. The van der Waals surface area contributed by atoms with E-state index in [-0.39, 0.29) is 0 Å². The van der Waals surface area contributed by atoms with Crippen LogP contribution in [0.15, 0.2) is 48.9 Å². The summed E-state index contributed by atoms with van der Waals surface area (Å²) in [7, 11) is -1.16. The number of likely N-dealkylation sites (tertiary alicyclic amines) is 1. The van der Waals surface area contributed by atoms with Crippen molar-refractivity contribution in [1.29, 1.82) is 0 Å². The molecule has 1 aliphatic heterocycles. The van der Waals surface area contributed by atoms with Gasteiger partial charge in [-0.2, -0.15) is 5.10 Å². The second-order valence-electron chi connectivity index (χ2n) is 13.7. The molecule has 0 bridgehead atoms. The number of ether oxygens (including phenoxy) is 2. The van der Waals surface area contributed by atoms with E-state index in [0.717, 1.165) is 60.4 Å². The van der Waals surface area contributed by atoms with Gasteiger partial charge in [0.25, 0.3) is 0 Å². The lowest BCUT2D eigenvalue weighted by Crippen LogP contribution is -2.39. The van der Waals surface area contributed by atoms with Gasteiger partial charge in [0.2, 0.25) is 0 Å². The lowest BCUT2D eigenvalue weighted by atomic mass is 9.96. The molecule has 1 fully saturated rings. The van der Waals surface area contributed by atoms with Crippen LogP contribution in [0.5, 0.6) is 11.5 Å². The number of nitrogens with zero attached hydrogens (tertiary/aromatic N) is 7. The number of piperidine rings is 1. The SMILES string of the molecule is Cc1nc2ccc(Oc3ccc4ncc(-c5cnn(CC6CCN(C(C)C)CC6)c5)nc4c3Cl)cc2n1COCC[Si](C)(C)C. The summed E-state index contributed by atoms with van der Waals surface area (Å²) in [4.78, 5) is 16.8. The number of rotatable bonds is 11. The number of aryl methyl sites for hydroxylation is 1. The fourth-order valence-electron chi connectivity index (χ4n) is 5.87. The lowest BCUT2D eigenvalue weighted by molar-refractivity contribution is 0.0885. The third-order valence-corrected chi connectivity index (χ3v) is 10.8. The Bertz CT molecular complexity index is 1790. The average molecular weight is 646 g/mol. The van der Waals surface area contributed by atoms with Crippen molar-refractivity contribution < 1.29 is 9.47 Å². The van der Waals surface area contributed by atoms with Gasteiger partial charge in [-0.25, -0.2) is 9.97 Å². The summed E-state index contributed by atoms with van der Waals surface area (Å²) < 4.78 is 16.5. The molecule has 0 N–H and O–H groups in total. The maximum atomic E-state index is 6.91. The molecule has 238 valence electrons. The zero-order valence-electron chi connectivity index (χ0n) is 27.3. The Morgan fingerprint density at radius 3 is 2.56 bits per heavy atom. The van der Waals surface area contributed by atoms with E-state index in [9.17, 15) is 0 Å². The predicted molar refractivity (Wildman–Crippen MR) is 184 cm³/mol. The highest BCUT2D eigenvalue weighted by molar-refractivity contribution is 6.76. The van der Waals surface area contributed by atoms with Crippen LogP contribution in [0, 0.1) is 12.8 Å². The van der Waals surface area contributed by atoms with Crippen molar-refractivity contribution >= 4 is 41.7 Å². The van der Waals surface area contributed by atoms with Crippen LogP contribution in [0.3, 0.4) is 0 Å². The Balaban J connectivity index is 1.18. The molecule has 6 rings (SSSR count). The van der Waals surface area contributed by atoms with Crippen LogP contribution in [-0.2, 0) is 18.0 Å². The van der Waals surface area contributed by atoms with Crippen molar-refractivity contribution in [3.8, 4) is 22.8 Å². The van der Waals surface area contributed by atoms with Gasteiger partial charge in [-0.15, -0.1) is 0 Å². The van der Waals surface area contributed by atoms with E-state index in [4.69, 9.17) is 31.0 Å². The minimum Gasteiger partial charge on any atom is -0.456 e. The van der Waals surface area contributed by atoms with E-state index < -0.39 is 8.07 Å². The molecule has 0 spiro atoms. The molecule has 3 aromatic heterocycles. The van der Waals surface area contributed by atoms with Crippen LogP contribution in [0.25, 0.3) is 33.3 Å². The first-order valence-corrected chi connectivity index (χ1v) is 20.1. The molecule has 4 heterocycles. The molecular weight excluding hydrogens is 602 g/mol. The first kappa shape index (κ1) is 31.7. The van der Waals surface area contributed by atoms with Crippen molar-refractivity contribution in [2.24, 2.45) is 5.92 Å². The number of fused-ring (bicyclic) bond motifs is 2. The fourth-order valence-corrected chi connectivity index (χ4v) is 6.86. The summed E-state index contributed by atoms with van der Waals surface area (Å²) in [5, 5.41) is 5.07. The Morgan fingerprint density at radius 2 is 1.80 bits per heavy atom. The van der Waals surface area contributed by atoms with Crippen LogP contribution in [0.4, 0.5) is 0 Å². The summed E-state index contributed by atoms with van der Waals surface area (Å²) in [5.41, 5.74) is 4.82. The zero-order valence-corrected chi connectivity index (χ0v) is 29.0. The van der Waals surface area contributed by atoms with E-state index in [2.05, 4.69) is 59.2 Å². The van der Waals surface area contributed by atoms with Crippen LogP contribution in [-0.4, -0.2) is 68.0 Å². The Kier molecular flexibility index (Phi) is 9.28. The highest BCUT2D eigenvalue weighted by Crippen LogP contribution is 2.36. The van der Waals surface area contributed by atoms with Crippen molar-refractivity contribution in [3.05, 3.63) is 59.8 Å². The van der Waals surface area contributed by atoms with Gasteiger partial charge in [0, 0.05) is 45.1 Å². The van der Waals surface area contributed by atoms with Gasteiger partial charge >= 0.3 is 0 Å². The molecule has 45 heavy (non-hydrogen) atoms. The summed E-state index contributed by atoms with van der Waals surface area (Å²) in [5.74, 6) is 2.72. The van der Waals surface area contributed by atoms with Gasteiger partial charge in [-0.1, -0.05) is 31.2 Å². The number of imidazole rings is 1. The second-order valence-corrected chi connectivity index (χ2v) is 19.7. The second kappa shape index (κ2) is 13.2. The third-order valence-electron chi connectivity index (χ3n) is 8.73. The third kappa shape index (κ3) is 7.40. The van der Waals surface area contributed by atoms with E-state index in [1.807, 2.05) is 48.1 Å². The zero-order chi connectivity index (χ0) is 31.7. The van der Waals surface area contributed by atoms with Crippen LogP contribution in [0.1, 0.15) is 32.5 Å². The van der Waals surface area contributed by atoms with Gasteiger partial charge in [-0.3, -0.25) is 9.67 Å². The molecule has 2 aromatic carbocycles. The first-order valence-electron chi connectivity index (χ1n) is 16.0. The number of aromatic nitrogens is 6. The smallest absolute Gasteiger partial charge is 0.148 e. The molecule has 9 nitrogen and oxygen atoms in total. The summed E-state index contributed by atoms with van der Waals surface area (Å²) >= 11 is 6.91. The number of halogens is 1. The van der Waals surface area contributed by atoms with Crippen molar-refractivity contribution in [1.82, 2.24) is 34.2 Å². The van der Waals surface area contributed by atoms with Crippen LogP contribution >= 0.6 is 11.6 Å². The lowest BCUT2D eigenvalue weighted by Gasteiger charge is -2.34. The van der Waals surface area contributed by atoms with Gasteiger partial charge in [-0.05, 0) is 82.9 Å². The molecule has 1 saturated heterocycles. The monoisotopic (exact) mass is 645 g/mol. The van der Waals surface area contributed by atoms with E-state index in [1.165, 1.54) is 12.8 Å². The van der Waals surface area contributed by atoms with E-state index in [1.54, 1.807) is 6.20 Å². The van der Waals surface area contributed by atoms with Crippen LogP contribution < -0.4 is 4.74 Å². The minimum atomic E-state index is -1.16. The molecule has 0 unspecified atom stereocenters. The first-order chi connectivity index (χ1) is 21.5. The summed E-state index contributed by atoms with van der Waals surface area (Å²) in [6.45, 7) is 18.0. The maximum Gasteiger partial charge on any atom is 0.148 e. The molecule has 0 atom stereocenters. The summed E-state index contributed by atoms with van der Waals surface area (Å²) in [6.07, 6.45) is 8.10. The van der Waals surface area contributed by atoms with E-state index >= 15 is 0 Å². The van der Waals surface area contributed by atoms with Gasteiger partial charge in [0.05, 0.1) is 34.6 Å². The quantitative estimate of drug-likeness (QED) is 0.106. The standard InChI is InChI=1S/C34H44ClN7O2Si/c1-23(2)40-13-11-25(12-14-40)20-41-21-26(18-37-41)30-19-36-29-9-10-32(33(35)34(29)39-30)44-27-7-8-28-31(17-27)42(24(3)38-28)22-43-15-16-45(4,5)6/h7-10,17-19,21,23,25H,11-16,20,22H2,1-6H3. The maximum absolute atomic E-state index is 6.91. The minimum absolute atomic E-state index is 0.422. The Hall–Kier alpha value is -3.31. The predicted octanol–water partition coefficient (Wildman–Crippen LogP) is 8.03.